The lowest BCUT2D eigenvalue weighted by Gasteiger charge is -2.17. The number of fused-ring (bicyclic) bond motifs is 1. The molecule has 7 heteroatoms. The number of nitrogens with zero attached hydrogens (tertiary/aromatic N) is 4. The van der Waals surface area contributed by atoms with Gasteiger partial charge in [-0.2, -0.15) is 19.6 Å². The standard InChI is InChI=1S/C14H16ClN5O/c1-7-5-11(10(4)21-7)9(3)18-13-8(2)12(15)19-14-16-6-17-20(13)14/h5-6,9,18H,1-4H3. The summed E-state index contributed by atoms with van der Waals surface area (Å²) in [6.45, 7) is 7.86. The Morgan fingerprint density at radius 3 is 2.76 bits per heavy atom. The van der Waals surface area contributed by atoms with Crippen molar-refractivity contribution in [1.29, 1.82) is 0 Å². The van der Waals surface area contributed by atoms with E-state index in [9.17, 15) is 0 Å². The van der Waals surface area contributed by atoms with Gasteiger partial charge in [-0.25, -0.2) is 0 Å². The van der Waals surface area contributed by atoms with E-state index in [2.05, 4.69) is 27.3 Å². The van der Waals surface area contributed by atoms with Gasteiger partial charge in [-0.15, -0.1) is 0 Å². The molecule has 0 saturated heterocycles. The molecule has 3 rings (SSSR count). The van der Waals surface area contributed by atoms with Gasteiger partial charge in [-0.1, -0.05) is 11.6 Å². The molecule has 21 heavy (non-hydrogen) atoms. The van der Waals surface area contributed by atoms with Crippen LogP contribution in [0.15, 0.2) is 16.8 Å². The van der Waals surface area contributed by atoms with Gasteiger partial charge >= 0.3 is 0 Å². The Bertz CT molecular complexity index is 807. The molecule has 3 heterocycles. The van der Waals surface area contributed by atoms with Gasteiger partial charge in [0.1, 0.15) is 28.8 Å². The van der Waals surface area contributed by atoms with Crippen LogP contribution in [0.3, 0.4) is 0 Å². The van der Waals surface area contributed by atoms with E-state index in [4.69, 9.17) is 16.0 Å². The van der Waals surface area contributed by atoms with Crippen molar-refractivity contribution in [2.24, 2.45) is 0 Å². The summed E-state index contributed by atoms with van der Waals surface area (Å²) < 4.78 is 7.24. The van der Waals surface area contributed by atoms with Crippen LogP contribution in [0.1, 0.15) is 35.6 Å². The Labute approximate surface area is 127 Å². The zero-order valence-electron chi connectivity index (χ0n) is 12.3. The van der Waals surface area contributed by atoms with Crippen LogP contribution in [0.4, 0.5) is 5.82 Å². The third kappa shape index (κ3) is 2.35. The van der Waals surface area contributed by atoms with Crippen LogP contribution in [0.25, 0.3) is 5.78 Å². The topological polar surface area (TPSA) is 68.2 Å². The number of furan rings is 1. The summed E-state index contributed by atoms with van der Waals surface area (Å²) in [5.74, 6) is 3.06. The number of halogens is 1. The number of hydrogen-bond acceptors (Lipinski definition) is 5. The Hall–Kier alpha value is -2.08. The molecule has 3 aromatic rings. The maximum atomic E-state index is 6.16. The highest BCUT2D eigenvalue weighted by atomic mass is 35.5. The lowest BCUT2D eigenvalue weighted by Crippen LogP contribution is -2.13. The maximum absolute atomic E-state index is 6.16. The van der Waals surface area contributed by atoms with Crippen LogP contribution in [0.2, 0.25) is 5.15 Å². The van der Waals surface area contributed by atoms with Crippen LogP contribution in [0.5, 0.6) is 0 Å². The predicted octanol–water partition coefficient (Wildman–Crippen LogP) is 3.47. The van der Waals surface area contributed by atoms with Crippen molar-refractivity contribution in [2.75, 3.05) is 5.32 Å². The molecule has 110 valence electrons. The van der Waals surface area contributed by atoms with E-state index in [-0.39, 0.29) is 6.04 Å². The van der Waals surface area contributed by atoms with Gasteiger partial charge < -0.3 is 9.73 Å². The molecular formula is C14H16ClN5O. The third-order valence-electron chi connectivity index (χ3n) is 3.50. The molecule has 1 atom stereocenters. The highest BCUT2D eigenvalue weighted by Crippen LogP contribution is 2.28. The molecule has 0 aliphatic heterocycles. The molecule has 1 unspecified atom stereocenters. The zero-order chi connectivity index (χ0) is 15.1. The SMILES string of the molecule is Cc1cc(C(C)Nc2c(C)c(Cl)nc3ncnn23)c(C)o1. The summed E-state index contributed by atoms with van der Waals surface area (Å²) in [5.41, 5.74) is 1.94. The van der Waals surface area contributed by atoms with Gasteiger partial charge in [-0.05, 0) is 33.8 Å². The van der Waals surface area contributed by atoms with E-state index in [0.29, 0.717) is 10.9 Å². The lowest BCUT2D eigenvalue weighted by atomic mass is 10.1. The average molecular weight is 306 g/mol. The molecule has 6 nitrogen and oxygen atoms in total. The van der Waals surface area contributed by atoms with Gasteiger partial charge in [0, 0.05) is 11.1 Å². The first-order valence-corrected chi connectivity index (χ1v) is 7.04. The van der Waals surface area contributed by atoms with Crippen LogP contribution in [-0.2, 0) is 0 Å². The summed E-state index contributed by atoms with van der Waals surface area (Å²) in [4.78, 5) is 8.27. The van der Waals surface area contributed by atoms with E-state index in [1.54, 1.807) is 4.52 Å². The van der Waals surface area contributed by atoms with Crippen molar-refractivity contribution in [3.63, 3.8) is 0 Å². The number of nitrogens with one attached hydrogen (secondary N) is 1. The second kappa shape index (κ2) is 5.04. The summed E-state index contributed by atoms with van der Waals surface area (Å²) in [6.07, 6.45) is 1.46. The number of hydrogen-bond donors (Lipinski definition) is 1. The fourth-order valence-electron chi connectivity index (χ4n) is 2.43. The minimum Gasteiger partial charge on any atom is -0.466 e. The smallest absolute Gasteiger partial charge is 0.255 e. The fourth-order valence-corrected chi connectivity index (χ4v) is 2.60. The number of aryl methyl sites for hydroxylation is 2. The second-order valence-electron chi connectivity index (χ2n) is 5.08. The first-order chi connectivity index (χ1) is 9.97. The molecule has 3 aromatic heterocycles. The van der Waals surface area contributed by atoms with Crippen molar-refractivity contribution in [1.82, 2.24) is 19.6 Å². The van der Waals surface area contributed by atoms with E-state index in [1.165, 1.54) is 6.33 Å². The quantitative estimate of drug-likeness (QED) is 0.750. The highest BCUT2D eigenvalue weighted by molar-refractivity contribution is 6.30. The first kappa shape index (κ1) is 13.9. The molecule has 0 spiro atoms. The summed E-state index contributed by atoms with van der Waals surface area (Å²) in [7, 11) is 0. The molecule has 0 aliphatic rings. The van der Waals surface area contributed by atoms with Gasteiger partial charge in [0.25, 0.3) is 5.78 Å². The monoisotopic (exact) mass is 305 g/mol. The molecule has 0 aliphatic carbocycles. The van der Waals surface area contributed by atoms with E-state index in [0.717, 1.165) is 28.5 Å². The minimum absolute atomic E-state index is 0.0482. The Balaban J connectivity index is 2.03. The highest BCUT2D eigenvalue weighted by Gasteiger charge is 2.17. The van der Waals surface area contributed by atoms with Crippen LogP contribution < -0.4 is 5.32 Å². The molecule has 0 aromatic carbocycles. The van der Waals surface area contributed by atoms with Gasteiger partial charge in [0.05, 0.1) is 6.04 Å². The molecule has 0 saturated carbocycles. The van der Waals surface area contributed by atoms with Crippen molar-refractivity contribution in [2.45, 2.75) is 33.7 Å². The summed E-state index contributed by atoms with van der Waals surface area (Å²) in [5, 5.41) is 8.04. The molecule has 1 N–H and O–H groups in total. The molecule has 0 radical (unpaired) electrons. The normalized spacial score (nSPS) is 12.8. The van der Waals surface area contributed by atoms with Crippen molar-refractivity contribution < 1.29 is 4.42 Å². The second-order valence-corrected chi connectivity index (χ2v) is 5.44. The van der Waals surface area contributed by atoms with Crippen molar-refractivity contribution in [3.05, 3.63) is 40.2 Å². The van der Waals surface area contributed by atoms with E-state index < -0.39 is 0 Å². The van der Waals surface area contributed by atoms with Crippen molar-refractivity contribution in [3.8, 4) is 0 Å². The van der Waals surface area contributed by atoms with Gasteiger partial charge in [-0.3, -0.25) is 0 Å². The molecule has 0 bridgehead atoms. The Morgan fingerprint density at radius 2 is 2.10 bits per heavy atom. The third-order valence-corrected chi connectivity index (χ3v) is 3.87. The van der Waals surface area contributed by atoms with Gasteiger partial charge in [0.15, 0.2) is 0 Å². The Kier molecular flexibility index (Phi) is 3.33. The Morgan fingerprint density at radius 1 is 1.33 bits per heavy atom. The molecule has 0 amide bonds. The molecule has 0 fully saturated rings. The maximum Gasteiger partial charge on any atom is 0.255 e. The van der Waals surface area contributed by atoms with E-state index >= 15 is 0 Å². The number of aromatic nitrogens is 4. The van der Waals surface area contributed by atoms with Crippen molar-refractivity contribution >= 4 is 23.2 Å². The van der Waals surface area contributed by atoms with Crippen LogP contribution >= 0.6 is 11.6 Å². The fraction of sp³-hybridized carbons (Fsp3) is 0.357. The number of anilines is 1. The lowest BCUT2D eigenvalue weighted by molar-refractivity contribution is 0.499. The summed E-state index contributed by atoms with van der Waals surface area (Å²) in [6, 6.07) is 2.08. The number of rotatable bonds is 3. The first-order valence-electron chi connectivity index (χ1n) is 6.66. The van der Waals surface area contributed by atoms with Crippen LogP contribution in [-0.4, -0.2) is 19.6 Å². The predicted molar refractivity (Wildman–Crippen MR) is 80.7 cm³/mol. The average Bonchev–Trinajstić information content (AvgIpc) is 3.00. The van der Waals surface area contributed by atoms with Gasteiger partial charge in [0.2, 0.25) is 0 Å². The summed E-state index contributed by atoms with van der Waals surface area (Å²) >= 11 is 6.16. The van der Waals surface area contributed by atoms with E-state index in [1.807, 2.05) is 26.8 Å². The van der Waals surface area contributed by atoms with Crippen LogP contribution in [0, 0.1) is 20.8 Å². The molecular weight excluding hydrogens is 290 g/mol. The minimum atomic E-state index is 0.0482. The largest absolute Gasteiger partial charge is 0.466 e. The zero-order valence-corrected chi connectivity index (χ0v) is 13.1.